The Labute approximate surface area is 72.4 Å². The summed E-state index contributed by atoms with van der Waals surface area (Å²) >= 11 is 0. The predicted octanol–water partition coefficient (Wildman–Crippen LogP) is 0.431. The molecule has 12 heavy (non-hydrogen) atoms. The summed E-state index contributed by atoms with van der Waals surface area (Å²) in [5.41, 5.74) is 0. The first kappa shape index (κ1) is 9.48. The first-order valence-corrected chi connectivity index (χ1v) is 4.03. The fourth-order valence-electron chi connectivity index (χ4n) is 1.31. The maximum absolute atomic E-state index is 11.4. The fourth-order valence-corrected chi connectivity index (χ4v) is 1.31. The molecule has 0 N–H and O–H groups in total. The average Bonchev–Trinajstić information content (AvgIpc) is 2.01. The summed E-state index contributed by atoms with van der Waals surface area (Å²) in [4.78, 5) is 16.1. The highest BCUT2D eigenvalue weighted by atomic mass is 16.7. The largest absolute Gasteiger partial charge is 0.381 e. The Morgan fingerprint density at radius 2 is 2.00 bits per heavy atom. The molecule has 0 aromatic carbocycles. The number of methoxy groups -OCH3 is 1. The highest BCUT2D eigenvalue weighted by Crippen LogP contribution is 2.30. The van der Waals surface area contributed by atoms with Crippen molar-refractivity contribution >= 4 is 5.91 Å². The highest BCUT2D eigenvalue weighted by molar-refractivity contribution is 5.78. The Kier molecular flexibility index (Phi) is 3.05. The van der Waals surface area contributed by atoms with E-state index in [2.05, 4.69) is 0 Å². The maximum atomic E-state index is 11.4. The van der Waals surface area contributed by atoms with Crippen LogP contribution in [-0.4, -0.2) is 38.3 Å². The zero-order chi connectivity index (χ0) is 9.14. The van der Waals surface area contributed by atoms with Crippen molar-refractivity contribution in [1.82, 2.24) is 5.06 Å². The molecule has 1 rings (SSSR count). The van der Waals surface area contributed by atoms with Gasteiger partial charge in [-0.1, -0.05) is 0 Å². The normalized spacial score (nSPS) is 27.9. The van der Waals surface area contributed by atoms with Gasteiger partial charge in [0.2, 0.25) is 5.91 Å². The van der Waals surface area contributed by atoms with E-state index in [-0.39, 0.29) is 17.9 Å². The molecule has 1 aliphatic carbocycles. The number of amides is 1. The lowest BCUT2D eigenvalue weighted by atomic mass is 9.81. The molecule has 1 aliphatic rings. The van der Waals surface area contributed by atoms with Crippen molar-refractivity contribution in [2.45, 2.75) is 18.9 Å². The van der Waals surface area contributed by atoms with Gasteiger partial charge in [0.25, 0.3) is 0 Å². The molecule has 0 aromatic rings. The van der Waals surface area contributed by atoms with Gasteiger partial charge in [-0.25, -0.2) is 5.06 Å². The predicted molar refractivity (Wildman–Crippen MR) is 43.3 cm³/mol. The number of hydrogen-bond acceptors (Lipinski definition) is 3. The Morgan fingerprint density at radius 1 is 1.42 bits per heavy atom. The number of rotatable bonds is 3. The van der Waals surface area contributed by atoms with E-state index < -0.39 is 0 Å². The van der Waals surface area contributed by atoms with E-state index in [0.717, 1.165) is 12.8 Å². The Morgan fingerprint density at radius 3 is 2.42 bits per heavy atom. The zero-order valence-electron chi connectivity index (χ0n) is 7.74. The molecule has 0 atom stereocenters. The highest BCUT2D eigenvalue weighted by Gasteiger charge is 2.36. The number of carbonyl (C=O) groups is 1. The summed E-state index contributed by atoms with van der Waals surface area (Å²) in [6, 6.07) is 0. The van der Waals surface area contributed by atoms with E-state index in [4.69, 9.17) is 9.57 Å². The third-order valence-corrected chi connectivity index (χ3v) is 2.36. The lowest BCUT2D eigenvalue weighted by Gasteiger charge is -2.34. The average molecular weight is 173 g/mol. The van der Waals surface area contributed by atoms with E-state index in [1.165, 1.54) is 12.2 Å². The smallest absolute Gasteiger partial charge is 0.249 e. The van der Waals surface area contributed by atoms with Gasteiger partial charge in [0.1, 0.15) is 0 Å². The maximum Gasteiger partial charge on any atom is 0.249 e. The second kappa shape index (κ2) is 3.87. The van der Waals surface area contributed by atoms with E-state index in [1.54, 1.807) is 14.2 Å². The fraction of sp³-hybridized carbons (Fsp3) is 0.875. The monoisotopic (exact) mass is 173 g/mol. The molecule has 4 nitrogen and oxygen atoms in total. The molecular formula is C8H15NO3. The molecule has 0 bridgehead atoms. The van der Waals surface area contributed by atoms with Gasteiger partial charge in [-0.15, -0.1) is 0 Å². The van der Waals surface area contributed by atoms with Crippen LogP contribution in [0.2, 0.25) is 0 Å². The number of hydrogen-bond donors (Lipinski definition) is 0. The second-order valence-electron chi connectivity index (χ2n) is 3.04. The van der Waals surface area contributed by atoms with Crippen molar-refractivity contribution < 1.29 is 14.4 Å². The van der Waals surface area contributed by atoms with Crippen LogP contribution in [-0.2, 0) is 14.4 Å². The van der Waals surface area contributed by atoms with Crippen LogP contribution >= 0.6 is 0 Å². The molecular weight excluding hydrogens is 158 g/mol. The summed E-state index contributed by atoms with van der Waals surface area (Å²) in [6.45, 7) is 0. The van der Waals surface area contributed by atoms with Gasteiger partial charge in [0, 0.05) is 20.1 Å². The minimum atomic E-state index is 0.0470. The van der Waals surface area contributed by atoms with Gasteiger partial charge in [0.05, 0.1) is 13.2 Å². The molecule has 1 saturated carbocycles. The lowest BCUT2D eigenvalue weighted by Crippen LogP contribution is -2.42. The Bertz CT molecular complexity index is 166. The van der Waals surface area contributed by atoms with Crippen LogP contribution in [0.15, 0.2) is 0 Å². The molecule has 70 valence electrons. The number of carbonyl (C=O) groups excluding carboxylic acids is 1. The molecule has 0 aromatic heterocycles. The quantitative estimate of drug-likeness (QED) is 0.581. The van der Waals surface area contributed by atoms with E-state index in [9.17, 15) is 4.79 Å². The molecule has 0 spiro atoms. The summed E-state index contributed by atoms with van der Waals surface area (Å²) < 4.78 is 5.07. The van der Waals surface area contributed by atoms with Gasteiger partial charge in [-0.3, -0.25) is 9.63 Å². The van der Waals surface area contributed by atoms with Gasteiger partial charge in [-0.05, 0) is 12.8 Å². The number of nitrogens with zero attached hydrogens (tertiary/aromatic N) is 1. The standard InChI is InChI=1S/C8H15NO3/c1-9(12-3)8(10)6-4-7(5-6)11-2/h6-7H,4-5H2,1-3H3. The number of ether oxygens (including phenoxy) is 1. The van der Waals surface area contributed by atoms with Gasteiger partial charge >= 0.3 is 0 Å². The van der Waals surface area contributed by atoms with Gasteiger partial charge in [0.15, 0.2) is 0 Å². The van der Waals surface area contributed by atoms with Gasteiger partial charge < -0.3 is 4.74 Å². The van der Waals surface area contributed by atoms with E-state index >= 15 is 0 Å². The van der Waals surface area contributed by atoms with Crippen LogP contribution in [0.25, 0.3) is 0 Å². The van der Waals surface area contributed by atoms with Crippen molar-refractivity contribution in [1.29, 1.82) is 0 Å². The van der Waals surface area contributed by atoms with Crippen LogP contribution < -0.4 is 0 Å². The van der Waals surface area contributed by atoms with Crippen molar-refractivity contribution in [2.24, 2.45) is 5.92 Å². The van der Waals surface area contributed by atoms with Crippen molar-refractivity contribution in [3.8, 4) is 0 Å². The number of hydroxylamine groups is 2. The molecule has 0 radical (unpaired) electrons. The molecule has 0 heterocycles. The molecule has 0 unspecified atom stereocenters. The van der Waals surface area contributed by atoms with Crippen molar-refractivity contribution in [3.63, 3.8) is 0 Å². The first-order valence-electron chi connectivity index (χ1n) is 4.03. The third-order valence-electron chi connectivity index (χ3n) is 2.36. The van der Waals surface area contributed by atoms with E-state index in [1.807, 2.05) is 0 Å². The summed E-state index contributed by atoms with van der Waals surface area (Å²) in [5, 5.41) is 1.27. The molecule has 0 saturated heterocycles. The molecule has 4 heteroatoms. The minimum Gasteiger partial charge on any atom is -0.381 e. The third kappa shape index (κ3) is 1.76. The minimum absolute atomic E-state index is 0.0470. The Balaban J connectivity index is 2.28. The van der Waals surface area contributed by atoms with Crippen molar-refractivity contribution in [2.75, 3.05) is 21.3 Å². The topological polar surface area (TPSA) is 38.8 Å². The van der Waals surface area contributed by atoms with Gasteiger partial charge in [-0.2, -0.15) is 0 Å². The Hall–Kier alpha value is -0.610. The van der Waals surface area contributed by atoms with Crippen LogP contribution in [0.5, 0.6) is 0 Å². The lowest BCUT2D eigenvalue weighted by molar-refractivity contribution is -0.180. The summed E-state index contributed by atoms with van der Waals surface area (Å²) in [7, 11) is 4.79. The molecule has 1 fully saturated rings. The van der Waals surface area contributed by atoms with E-state index in [0.29, 0.717) is 0 Å². The molecule has 0 aliphatic heterocycles. The molecule has 1 amide bonds. The summed E-state index contributed by atoms with van der Waals surface area (Å²) in [6.07, 6.45) is 1.91. The van der Waals surface area contributed by atoms with Crippen LogP contribution in [0.3, 0.4) is 0 Å². The SMILES string of the molecule is COC1CC(C(=O)N(C)OC)C1. The summed E-state index contributed by atoms with van der Waals surface area (Å²) in [5.74, 6) is 0.144. The zero-order valence-corrected chi connectivity index (χ0v) is 7.74. The first-order chi connectivity index (χ1) is 5.69. The van der Waals surface area contributed by atoms with Crippen LogP contribution in [0, 0.1) is 5.92 Å². The van der Waals surface area contributed by atoms with Crippen LogP contribution in [0.1, 0.15) is 12.8 Å². The van der Waals surface area contributed by atoms with Crippen LogP contribution in [0.4, 0.5) is 0 Å². The van der Waals surface area contributed by atoms with Crippen molar-refractivity contribution in [3.05, 3.63) is 0 Å². The second-order valence-corrected chi connectivity index (χ2v) is 3.04.